The summed E-state index contributed by atoms with van der Waals surface area (Å²) in [7, 11) is 0. The Bertz CT molecular complexity index is 1390. The zero-order valence-electron chi connectivity index (χ0n) is 19.8. The van der Waals surface area contributed by atoms with E-state index in [1.807, 2.05) is 12.1 Å². The van der Waals surface area contributed by atoms with Gasteiger partial charge in [0.1, 0.15) is 5.82 Å². The second kappa shape index (κ2) is 9.65. The summed E-state index contributed by atoms with van der Waals surface area (Å²) in [5, 5.41) is 2.68. The number of halogens is 1. The monoisotopic (exact) mass is 444 g/mol. The molecular weight excluding hydrogens is 415 g/mol. The Hall–Kier alpha value is -3.71. The van der Waals surface area contributed by atoms with Crippen LogP contribution in [0, 0.1) is 11.7 Å². The molecule has 0 radical (unpaired) electrons. The Morgan fingerprint density at radius 2 is 1.03 bits per heavy atom. The Morgan fingerprint density at radius 3 is 1.56 bits per heavy atom. The average Bonchev–Trinajstić information content (AvgIpc) is 2.89. The summed E-state index contributed by atoms with van der Waals surface area (Å²) in [6.45, 7) is 4.59. The molecule has 0 saturated carbocycles. The number of benzene rings is 5. The van der Waals surface area contributed by atoms with Crippen LogP contribution in [0.2, 0.25) is 0 Å². The highest BCUT2D eigenvalue weighted by Gasteiger charge is 2.10. The molecule has 5 aromatic rings. The lowest BCUT2D eigenvalue weighted by atomic mass is 9.90. The van der Waals surface area contributed by atoms with E-state index in [4.69, 9.17) is 0 Å². The molecule has 168 valence electrons. The predicted octanol–water partition coefficient (Wildman–Crippen LogP) is 9.57. The maximum atomic E-state index is 13.2. The van der Waals surface area contributed by atoms with Crippen LogP contribution >= 0.6 is 0 Å². The molecule has 0 nitrogen and oxygen atoms in total. The van der Waals surface area contributed by atoms with Gasteiger partial charge in [0, 0.05) is 0 Å². The van der Waals surface area contributed by atoms with Crippen LogP contribution in [0.3, 0.4) is 0 Å². The molecule has 0 aliphatic rings. The van der Waals surface area contributed by atoms with Crippen molar-refractivity contribution in [2.24, 2.45) is 5.92 Å². The van der Waals surface area contributed by atoms with Crippen LogP contribution in [0.25, 0.3) is 44.2 Å². The summed E-state index contributed by atoms with van der Waals surface area (Å²) < 4.78 is 13.2. The van der Waals surface area contributed by atoms with Gasteiger partial charge >= 0.3 is 0 Å². The lowest BCUT2D eigenvalue weighted by Crippen LogP contribution is -1.99. The highest BCUT2D eigenvalue weighted by molar-refractivity contribution is 5.98. The summed E-state index contributed by atoms with van der Waals surface area (Å²) in [5.74, 6) is 0.474. The van der Waals surface area contributed by atoms with Crippen LogP contribution in [-0.2, 0) is 6.42 Å². The molecule has 0 amide bonds. The van der Waals surface area contributed by atoms with Gasteiger partial charge in [-0.3, -0.25) is 0 Å². The smallest absolute Gasteiger partial charge is 0.123 e. The predicted molar refractivity (Wildman–Crippen MR) is 143 cm³/mol. The van der Waals surface area contributed by atoms with E-state index in [1.165, 1.54) is 57.1 Å². The zero-order chi connectivity index (χ0) is 23.5. The van der Waals surface area contributed by atoms with Crippen LogP contribution in [0.15, 0.2) is 109 Å². The second-order valence-corrected chi connectivity index (χ2v) is 9.20. The van der Waals surface area contributed by atoms with Crippen molar-refractivity contribution in [3.63, 3.8) is 0 Å². The lowest BCUT2D eigenvalue weighted by Gasteiger charge is -2.15. The number of rotatable bonds is 6. The summed E-state index contributed by atoms with van der Waals surface area (Å²) in [6.07, 6.45) is 2.31. The molecule has 0 aromatic heterocycles. The van der Waals surface area contributed by atoms with Gasteiger partial charge in [0.15, 0.2) is 0 Å². The van der Waals surface area contributed by atoms with Crippen molar-refractivity contribution in [1.82, 2.24) is 0 Å². The highest BCUT2D eigenvalue weighted by Crippen LogP contribution is 2.34. The third-order valence-electron chi connectivity index (χ3n) is 6.87. The maximum Gasteiger partial charge on any atom is 0.123 e. The van der Waals surface area contributed by atoms with Crippen LogP contribution in [0.5, 0.6) is 0 Å². The van der Waals surface area contributed by atoms with Gasteiger partial charge in [-0.15, -0.1) is 0 Å². The Labute approximate surface area is 201 Å². The van der Waals surface area contributed by atoms with Crippen molar-refractivity contribution < 1.29 is 4.39 Å². The van der Waals surface area contributed by atoms with Gasteiger partial charge < -0.3 is 0 Å². The molecule has 34 heavy (non-hydrogen) atoms. The van der Waals surface area contributed by atoms with Gasteiger partial charge in [-0.2, -0.15) is 0 Å². The van der Waals surface area contributed by atoms with E-state index < -0.39 is 0 Å². The molecule has 1 heteroatoms. The minimum Gasteiger partial charge on any atom is -0.207 e. The SMILES string of the molecule is CCC(C)Cc1ccc(-c2ccc(-c3ccc(-c4ccc(F)cc4)cc3)cc2)c2ccccc12. The van der Waals surface area contributed by atoms with E-state index in [2.05, 4.69) is 98.8 Å². The standard InChI is InChI=1S/C33H29F/c1-3-23(2)22-29-18-21-32(33-7-5-4-6-31(29)33)28-14-12-26(13-15-28)24-8-10-25(11-9-24)27-16-19-30(34)20-17-27/h4-21,23H,3,22H2,1-2H3. The fourth-order valence-corrected chi connectivity index (χ4v) is 4.65. The third kappa shape index (κ3) is 4.52. The van der Waals surface area contributed by atoms with Gasteiger partial charge in [0.05, 0.1) is 0 Å². The second-order valence-electron chi connectivity index (χ2n) is 9.20. The van der Waals surface area contributed by atoms with Crippen molar-refractivity contribution >= 4 is 10.8 Å². The van der Waals surface area contributed by atoms with Crippen molar-refractivity contribution in [1.29, 1.82) is 0 Å². The van der Waals surface area contributed by atoms with Crippen LogP contribution in [-0.4, -0.2) is 0 Å². The topological polar surface area (TPSA) is 0 Å². The van der Waals surface area contributed by atoms with Crippen molar-refractivity contribution in [2.75, 3.05) is 0 Å². The number of hydrogen-bond donors (Lipinski definition) is 0. The summed E-state index contributed by atoms with van der Waals surface area (Å²) in [5.41, 5.74) is 8.42. The van der Waals surface area contributed by atoms with Crippen LogP contribution in [0.4, 0.5) is 4.39 Å². The van der Waals surface area contributed by atoms with E-state index in [-0.39, 0.29) is 5.82 Å². The number of fused-ring (bicyclic) bond motifs is 1. The Kier molecular flexibility index (Phi) is 6.27. The van der Waals surface area contributed by atoms with E-state index in [0.717, 1.165) is 17.5 Å². The molecule has 0 aliphatic carbocycles. The third-order valence-corrected chi connectivity index (χ3v) is 6.87. The largest absolute Gasteiger partial charge is 0.207 e. The molecule has 0 aliphatic heterocycles. The molecule has 1 atom stereocenters. The first-order valence-electron chi connectivity index (χ1n) is 12.1. The molecule has 0 saturated heterocycles. The van der Waals surface area contributed by atoms with E-state index in [0.29, 0.717) is 5.92 Å². The van der Waals surface area contributed by atoms with Crippen molar-refractivity contribution in [3.05, 3.63) is 121 Å². The summed E-state index contributed by atoms with van der Waals surface area (Å²) in [4.78, 5) is 0. The van der Waals surface area contributed by atoms with Gasteiger partial charge in [-0.25, -0.2) is 4.39 Å². The van der Waals surface area contributed by atoms with Gasteiger partial charge in [0.25, 0.3) is 0 Å². The first-order valence-corrected chi connectivity index (χ1v) is 12.1. The Morgan fingerprint density at radius 1 is 0.559 bits per heavy atom. The molecule has 0 bridgehead atoms. The minimum absolute atomic E-state index is 0.210. The normalized spacial score (nSPS) is 12.1. The van der Waals surface area contributed by atoms with Gasteiger partial charge in [-0.05, 0) is 74.2 Å². The minimum atomic E-state index is -0.210. The molecule has 0 spiro atoms. The van der Waals surface area contributed by atoms with Crippen molar-refractivity contribution in [2.45, 2.75) is 26.7 Å². The molecule has 0 N–H and O–H groups in total. The van der Waals surface area contributed by atoms with Gasteiger partial charge in [0.2, 0.25) is 0 Å². The quantitative estimate of drug-likeness (QED) is 0.244. The van der Waals surface area contributed by atoms with Crippen molar-refractivity contribution in [3.8, 4) is 33.4 Å². The first kappa shape index (κ1) is 22.1. The average molecular weight is 445 g/mol. The molecule has 5 rings (SSSR count). The lowest BCUT2D eigenvalue weighted by molar-refractivity contribution is 0.562. The first-order chi connectivity index (χ1) is 16.6. The van der Waals surface area contributed by atoms with Crippen LogP contribution < -0.4 is 0 Å². The highest BCUT2D eigenvalue weighted by atomic mass is 19.1. The Balaban J connectivity index is 1.43. The molecule has 0 heterocycles. The fraction of sp³-hybridized carbons (Fsp3) is 0.152. The zero-order valence-corrected chi connectivity index (χ0v) is 19.8. The molecule has 0 fully saturated rings. The van der Waals surface area contributed by atoms with Gasteiger partial charge in [-0.1, -0.05) is 117 Å². The van der Waals surface area contributed by atoms with E-state index in [1.54, 1.807) is 0 Å². The molecule has 5 aromatic carbocycles. The molecule has 1 unspecified atom stereocenters. The summed E-state index contributed by atoms with van der Waals surface area (Å²) in [6, 6.07) is 37.3. The summed E-state index contributed by atoms with van der Waals surface area (Å²) >= 11 is 0. The fourth-order valence-electron chi connectivity index (χ4n) is 4.65. The molecular formula is C33H29F. The van der Waals surface area contributed by atoms with E-state index in [9.17, 15) is 4.39 Å². The number of hydrogen-bond acceptors (Lipinski definition) is 0. The van der Waals surface area contributed by atoms with Crippen LogP contribution in [0.1, 0.15) is 25.8 Å². The van der Waals surface area contributed by atoms with E-state index >= 15 is 0 Å². The maximum absolute atomic E-state index is 13.2.